The molecule has 0 heterocycles. The smallest absolute Gasteiger partial charge is 0.0979 e. The van der Waals surface area contributed by atoms with Gasteiger partial charge in [0.25, 0.3) is 0 Å². The van der Waals surface area contributed by atoms with Crippen LogP contribution in [0.2, 0.25) is 0 Å². The van der Waals surface area contributed by atoms with Crippen molar-refractivity contribution in [2.45, 2.75) is 55.4 Å². The van der Waals surface area contributed by atoms with Crippen LogP contribution in [-0.4, -0.2) is 11.4 Å². The number of benzene rings is 4. The summed E-state index contributed by atoms with van der Waals surface area (Å²) >= 11 is 0. The summed E-state index contributed by atoms with van der Waals surface area (Å²) in [4.78, 5) is 10.7. The van der Waals surface area contributed by atoms with Gasteiger partial charge in [-0.2, -0.15) is 0 Å². The van der Waals surface area contributed by atoms with Gasteiger partial charge in [0.1, 0.15) is 0 Å². The van der Waals surface area contributed by atoms with Crippen LogP contribution in [0.5, 0.6) is 0 Å². The second-order valence-electron chi connectivity index (χ2n) is 10.2. The molecule has 36 heavy (non-hydrogen) atoms. The molecule has 5 rings (SSSR count). The number of nitrogens with two attached hydrogens (primary N) is 2. The Morgan fingerprint density at radius 2 is 0.806 bits per heavy atom. The number of rotatable bonds is 2. The third-order valence-electron chi connectivity index (χ3n) is 8.37. The molecule has 0 aromatic heterocycles. The molecule has 0 saturated heterocycles. The summed E-state index contributed by atoms with van der Waals surface area (Å²) in [7, 11) is 0. The van der Waals surface area contributed by atoms with Crippen molar-refractivity contribution in [1.82, 2.24) is 0 Å². The van der Waals surface area contributed by atoms with Gasteiger partial charge in [-0.1, -0.05) is 36.4 Å². The highest BCUT2D eigenvalue weighted by molar-refractivity contribution is 6.61. The number of aliphatic imine (C=N–C) groups is 2. The molecule has 0 aliphatic heterocycles. The SMILES string of the molecule is Cc1c(C)c(N=C2C(=Nc3c(C)c(C)c(N)c(C)c3C)c3cccc4cccc2c34)c(C)c(C)c1N. The van der Waals surface area contributed by atoms with Crippen molar-refractivity contribution in [3.63, 3.8) is 0 Å². The van der Waals surface area contributed by atoms with Crippen LogP contribution in [0, 0.1) is 55.4 Å². The molecule has 0 saturated carbocycles. The standard InChI is InChI=1S/C32H34N4/c1-15-19(5)29(20(6)16(2)27(15)33)35-31-24-13-9-11-23-12-10-14-25(26(23)24)32(31)36-30-21(7)17(3)28(34)18(4)22(30)8/h9-14H,33-34H2,1-8H3. The van der Waals surface area contributed by atoms with Gasteiger partial charge < -0.3 is 11.5 Å². The Hall–Kier alpha value is -3.92. The summed E-state index contributed by atoms with van der Waals surface area (Å²) in [6.45, 7) is 16.7. The minimum Gasteiger partial charge on any atom is -0.398 e. The second-order valence-corrected chi connectivity index (χ2v) is 10.2. The molecule has 4 heteroatoms. The summed E-state index contributed by atoms with van der Waals surface area (Å²) in [5.41, 5.74) is 29.3. The summed E-state index contributed by atoms with van der Waals surface area (Å²) in [5, 5.41) is 2.40. The average molecular weight is 475 g/mol. The van der Waals surface area contributed by atoms with E-state index < -0.39 is 0 Å². The Labute approximate surface area is 213 Å². The molecule has 4 N–H and O–H groups in total. The van der Waals surface area contributed by atoms with Gasteiger partial charge in [-0.15, -0.1) is 0 Å². The molecular formula is C32H34N4. The van der Waals surface area contributed by atoms with Crippen LogP contribution in [-0.2, 0) is 0 Å². The van der Waals surface area contributed by atoms with Crippen LogP contribution in [0.4, 0.5) is 22.7 Å². The molecule has 4 nitrogen and oxygen atoms in total. The van der Waals surface area contributed by atoms with E-state index in [1.165, 1.54) is 10.8 Å². The van der Waals surface area contributed by atoms with Gasteiger partial charge >= 0.3 is 0 Å². The Bertz CT molecular complexity index is 1490. The van der Waals surface area contributed by atoms with Crippen LogP contribution < -0.4 is 11.5 Å². The minimum atomic E-state index is 0.846. The predicted molar refractivity (Wildman–Crippen MR) is 156 cm³/mol. The Balaban J connectivity index is 1.89. The van der Waals surface area contributed by atoms with Gasteiger partial charge in [0.05, 0.1) is 22.8 Å². The first-order valence-corrected chi connectivity index (χ1v) is 12.5. The second kappa shape index (κ2) is 8.34. The number of hydrogen-bond acceptors (Lipinski definition) is 4. The van der Waals surface area contributed by atoms with Gasteiger partial charge in [-0.3, -0.25) is 0 Å². The molecule has 1 aliphatic rings. The number of nitrogen functional groups attached to an aromatic ring is 2. The van der Waals surface area contributed by atoms with E-state index in [4.69, 9.17) is 21.5 Å². The fraction of sp³-hybridized carbons (Fsp3) is 0.250. The zero-order valence-corrected chi connectivity index (χ0v) is 22.5. The van der Waals surface area contributed by atoms with Crippen LogP contribution in [0.25, 0.3) is 10.8 Å². The highest BCUT2D eigenvalue weighted by atomic mass is 14.9. The summed E-state index contributed by atoms with van der Waals surface area (Å²) < 4.78 is 0. The summed E-state index contributed by atoms with van der Waals surface area (Å²) in [6.07, 6.45) is 0. The van der Waals surface area contributed by atoms with Crippen molar-refractivity contribution in [2.75, 3.05) is 11.5 Å². The molecule has 0 atom stereocenters. The molecule has 0 fully saturated rings. The van der Waals surface area contributed by atoms with Crippen molar-refractivity contribution in [3.05, 3.63) is 92.0 Å². The molecule has 1 aliphatic carbocycles. The average Bonchev–Trinajstić information content (AvgIpc) is 3.18. The first kappa shape index (κ1) is 23.8. The molecule has 4 aromatic rings. The normalized spacial score (nSPS) is 15.0. The largest absolute Gasteiger partial charge is 0.398 e. The van der Waals surface area contributed by atoms with E-state index in [2.05, 4.69) is 91.8 Å². The minimum absolute atomic E-state index is 0.846. The van der Waals surface area contributed by atoms with Gasteiger partial charge in [0.15, 0.2) is 0 Å². The molecule has 0 bridgehead atoms. The molecule has 0 unspecified atom stereocenters. The van der Waals surface area contributed by atoms with Gasteiger partial charge in [0.2, 0.25) is 0 Å². The zero-order valence-electron chi connectivity index (χ0n) is 22.5. The van der Waals surface area contributed by atoms with E-state index in [1.54, 1.807) is 0 Å². The van der Waals surface area contributed by atoms with Gasteiger partial charge in [-0.25, -0.2) is 9.98 Å². The molecule has 0 amide bonds. The van der Waals surface area contributed by atoms with Crippen molar-refractivity contribution in [1.29, 1.82) is 0 Å². The predicted octanol–water partition coefficient (Wildman–Crippen LogP) is 7.73. The quantitative estimate of drug-likeness (QED) is 0.292. The van der Waals surface area contributed by atoms with E-state index in [0.717, 1.165) is 89.8 Å². The number of hydrogen-bond donors (Lipinski definition) is 2. The molecular weight excluding hydrogens is 440 g/mol. The lowest BCUT2D eigenvalue weighted by Gasteiger charge is -2.17. The fourth-order valence-corrected chi connectivity index (χ4v) is 5.42. The van der Waals surface area contributed by atoms with Crippen molar-refractivity contribution < 1.29 is 0 Å². The summed E-state index contributed by atoms with van der Waals surface area (Å²) in [6, 6.07) is 12.8. The fourth-order valence-electron chi connectivity index (χ4n) is 5.42. The lowest BCUT2D eigenvalue weighted by atomic mass is 9.95. The third kappa shape index (κ3) is 3.28. The Morgan fingerprint density at radius 1 is 0.472 bits per heavy atom. The topological polar surface area (TPSA) is 76.8 Å². The number of anilines is 2. The van der Waals surface area contributed by atoms with E-state index >= 15 is 0 Å². The molecule has 0 radical (unpaired) electrons. The maximum absolute atomic E-state index is 6.41. The lowest BCUT2D eigenvalue weighted by Crippen LogP contribution is -2.12. The van der Waals surface area contributed by atoms with Crippen LogP contribution in [0.1, 0.15) is 55.6 Å². The Morgan fingerprint density at radius 3 is 1.14 bits per heavy atom. The van der Waals surface area contributed by atoms with E-state index in [0.29, 0.717) is 0 Å². The number of nitrogens with zero attached hydrogens (tertiary/aromatic N) is 2. The van der Waals surface area contributed by atoms with Gasteiger partial charge in [0, 0.05) is 27.9 Å². The summed E-state index contributed by atoms with van der Waals surface area (Å²) in [5.74, 6) is 0. The van der Waals surface area contributed by atoms with E-state index in [9.17, 15) is 0 Å². The van der Waals surface area contributed by atoms with Gasteiger partial charge in [-0.05, 0) is 105 Å². The van der Waals surface area contributed by atoms with Crippen LogP contribution in [0.15, 0.2) is 46.4 Å². The van der Waals surface area contributed by atoms with Crippen molar-refractivity contribution >= 4 is 44.9 Å². The van der Waals surface area contributed by atoms with E-state index in [-0.39, 0.29) is 0 Å². The maximum atomic E-state index is 6.41. The highest BCUT2D eigenvalue weighted by Gasteiger charge is 2.29. The van der Waals surface area contributed by atoms with Crippen molar-refractivity contribution in [2.24, 2.45) is 9.98 Å². The first-order chi connectivity index (χ1) is 17.0. The molecule has 4 aromatic carbocycles. The zero-order chi connectivity index (χ0) is 26.0. The third-order valence-corrected chi connectivity index (χ3v) is 8.37. The maximum Gasteiger partial charge on any atom is 0.0979 e. The Kier molecular flexibility index (Phi) is 5.51. The lowest BCUT2D eigenvalue weighted by molar-refractivity contribution is 1.22. The first-order valence-electron chi connectivity index (χ1n) is 12.5. The monoisotopic (exact) mass is 474 g/mol. The van der Waals surface area contributed by atoms with E-state index in [1.807, 2.05) is 0 Å². The van der Waals surface area contributed by atoms with Crippen molar-refractivity contribution in [3.8, 4) is 0 Å². The highest BCUT2D eigenvalue weighted by Crippen LogP contribution is 2.40. The molecule has 0 spiro atoms. The van der Waals surface area contributed by atoms with Crippen LogP contribution >= 0.6 is 0 Å². The van der Waals surface area contributed by atoms with Crippen LogP contribution in [0.3, 0.4) is 0 Å². The molecule has 182 valence electrons.